The van der Waals surface area contributed by atoms with Gasteiger partial charge in [0.25, 0.3) is 0 Å². The molecule has 0 aromatic heterocycles. The van der Waals surface area contributed by atoms with E-state index < -0.39 is 0 Å². The maximum Gasteiger partial charge on any atom is 0.131 e. The third-order valence-electron chi connectivity index (χ3n) is 3.17. The molecule has 0 bridgehead atoms. The number of nitrogens with one attached hydrogen (secondary N) is 1. The Hall–Kier alpha value is -1.74. The van der Waals surface area contributed by atoms with E-state index in [-0.39, 0.29) is 11.6 Å². The van der Waals surface area contributed by atoms with Gasteiger partial charge in [0.15, 0.2) is 0 Å². The fourth-order valence-electron chi connectivity index (χ4n) is 2.06. The minimum Gasteiger partial charge on any atom is -0.313 e. The summed E-state index contributed by atoms with van der Waals surface area (Å²) in [6, 6.07) is 9.80. The second-order valence-electron chi connectivity index (χ2n) is 4.51. The Bertz CT molecular complexity index is 579. The van der Waals surface area contributed by atoms with Gasteiger partial charge in [-0.3, -0.25) is 0 Å². The summed E-state index contributed by atoms with van der Waals surface area (Å²) in [7, 11) is 0. The molecule has 0 amide bonds. The smallest absolute Gasteiger partial charge is 0.131 e. The van der Waals surface area contributed by atoms with Crippen LogP contribution in [0.15, 0.2) is 36.4 Å². The van der Waals surface area contributed by atoms with Crippen molar-refractivity contribution >= 4 is 0 Å². The van der Waals surface area contributed by atoms with E-state index in [1.807, 2.05) is 13.0 Å². The molecule has 100 valence electrons. The van der Waals surface area contributed by atoms with Gasteiger partial charge in [-0.25, -0.2) is 8.78 Å². The summed E-state index contributed by atoms with van der Waals surface area (Å²) in [5, 5.41) is 3.14. The van der Waals surface area contributed by atoms with Crippen LogP contribution in [0.4, 0.5) is 8.78 Å². The molecule has 0 radical (unpaired) electrons. The molecule has 19 heavy (non-hydrogen) atoms. The van der Waals surface area contributed by atoms with Crippen LogP contribution in [0.3, 0.4) is 0 Å². The zero-order valence-electron chi connectivity index (χ0n) is 11.1. The van der Waals surface area contributed by atoms with Crippen LogP contribution >= 0.6 is 0 Å². The van der Waals surface area contributed by atoms with Gasteiger partial charge in [0, 0.05) is 12.1 Å². The van der Waals surface area contributed by atoms with E-state index in [1.54, 1.807) is 25.1 Å². The van der Waals surface area contributed by atoms with E-state index in [0.717, 1.165) is 12.1 Å². The van der Waals surface area contributed by atoms with Crippen molar-refractivity contribution < 1.29 is 8.78 Å². The van der Waals surface area contributed by atoms with Crippen molar-refractivity contribution in [1.82, 2.24) is 5.32 Å². The third-order valence-corrected chi connectivity index (χ3v) is 3.17. The molecular formula is C16H17F2N. The van der Waals surface area contributed by atoms with E-state index in [9.17, 15) is 8.78 Å². The second-order valence-corrected chi connectivity index (χ2v) is 4.51. The molecule has 0 aliphatic carbocycles. The number of hydrogen-bond acceptors (Lipinski definition) is 1. The Morgan fingerprint density at radius 2 is 1.79 bits per heavy atom. The van der Waals surface area contributed by atoms with Gasteiger partial charge < -0.3 is 5.32 Å². The van der Waals surface area contributed by atoms with Crippen molar-refractivity contribution in [1.29, 1.82) is 0 Å². The Morgan fingerprint density at radius 3 is 2.47 bits per heavy atom. The number of benzene rings is 2. The molecule has 0 heterocycles. The van der Waals surface area contributed by atoms with Crippen LogP contribution in [0.25, 0.3) is 11.1 Å². The van der Waals surface area contributed by atoms with Crippen molar-refractivity contribution in [2.45, 2.75) is 20.4 Å². The van der Waals surface area contributed by atoms with E-state index in [1.165, 1.54) is 12.1 Å². The van der Waals surface area contributed by atoms with Crippen LogP contribution in [-0.2, 0) is 6.54 Å². The lowest BCUT2D eigenvalue weighted by molar-refractivity contribution is 0.615. The molecule has 0 fully saturated rings. The lowest BCUT2D eigenvalue weighted by Crippen LogP contribution is -2.11. The summed E-state index contributed by atoms with van der Waals surface area (Å²) in [5.74, 6) is -0.627. The number of hydrogen-bond donors (Lipinski definition) is 1. The molecule has 1 N–H and O–H groups in total. The van der Waals surface area contributed by atoms with Crippen LogP contribution in [0.5, 0.6) is 0 Å². The van der Waals surface area contributed by atoms with Crippen LogP contribution in [-0.4, -0.2) is 6.54 Å². The van der Waals surface area contributed by atoms with Crippen molar-refractivity contribution in [3.63, 3.8) is 0 Å². The van der Waals surface area contributed by atoms with E-state index in [4.69, 9.17) is 0 Å². The summed E-state index contributed by atoms with van der Waals surface area (Å²) < 4.78 is 27.6. The minimum atomic E-state index is -0.316. The predicted octanol–water partition coefficient (Wildman–Crippen LogP) is 4.05. The van der Waals surface area contributed by atoms with Gasteiger partial charge in [0.05, 0.1) is 0 Å². The average Bonchev–Trinajstić information content (AvgIpc) is 2.40. The van der Waals surface area contributed by atoms with Gasteiger partial charge >= 0.3 is 0 Å². The SMILES string of the molecule is CCNCc1ccc(-c2cccc(F)c2C)c(F)c1. The van der Waals surface area contributed by atoms with Crippen molar-refractivity contribution in [2.75, 3.05) is 6.54 Å². The topological polar surface area (TPSA) is 12.0 Å². The standard InChI is InChI=1S/C16H17F2N/c1-3-19-10-12-7-8-14(16(18)9-12)13-5-4-6-15(17)11(13)2/h4-9,19H,3,10H2,1-2H3. The summed E-state index contributed by atoms with van der Waals surface area (Å²) in [6.07, 6.45) is 0. The molecule has 0 spiro atoms. The first kappa shape index (κ1) is 13.7. The summed E-state index contributed by atoms with van der Waals surface area (Å²) >= 11 is 0. The molecule has 3 heteroatoms. The zero-order chi connectivity index (χ0) is 13.8. The molecule has 0 saturated heterocycles. The molecule has 2 aromatic carbocycles. The Morgan fingerprint density at radius 1 is 1.00 bits per heavy atom. The third kappa shape index (κ3) is 2.99. The molecule has 0 atom stereocenters. The van der Waals surface area contributed by atoms with Crippen LogP contribution in [0, 0.1) is 18.6 Å². The van der Waals surface area contributed by atoms with Crippen LogP contribution in [0.1, 0.15) is 18.1 Å². The van der Waals surface area contributed by atoms with Gasteiger partial charge in [-0.1, -0.05) is 31.2 Å². The lowest BCUT2D eigenvalue weighted by atomic mass is 9.98. The maximum atomic E-state index is 14.1. The summed E-state index contributed by atoms with van der Waals surface area (Å²) in [4.78, 5) is 0. The van der Waals surface area contributed by atoms with Crippen LogP contribution < -0.4 is 5.32 Å². The van der Waals surface area contributed by atoms with Crippen LogP contribution in [0.2, 0.25) is 0 Å². The molecule has 0 aliphatic rings. The van der Waals surface area contributed by atoms with Gasteiger partial charge in [-0.05, 0) is 42.3 Å². The first-order valence-electron chi connectivity index (χ1n) is 6.38. The fraction of sp³-hybridized carbons (Fsp3) is 0.250. The van der Waals surface area contributed by atoms with Crippen molar-refractivity contribution in [2.24, 2.45) is 0 Å². The summed E-state index contributed by atoms with van der Waals surface area (Å²) in [6.45, 7) is 5.14. The highest BCUT2D eigenvalue weighted by Gasteiger charge is 2.10. The monoisotopic (exact) mass is 261 g/mol. The van der Waals surface area contributed by atoms with Gasteiger partial charge in [0.2, 0.25) is 0 Å². The molecule has 1 nitrogen and oxygen atoms in total. The van der Waals surface area contributed by atoms with E-state index in [2.05, 4.69) is 5.32 Å². The van der Waals surface area contributed by atoms with Gasteiger partial charge in [-0.2, -0.15) is 0 Å². The second kappa shape index (κ2) is 5.93. The molecule has 0 saturated carbocycles. The molecule has 2 aromatic rings. The first-order chi connectivity index (χ1) is 9.13. The Kier molecular flexibility index (Phi) is 4.27. The predicted molar refractivity (Wildman–Crippen MR) is 73.9 cm³/mol. The Balaban J connectivity index is 2.38. The fourth-order valence-corrected chi connectivity index (χ4v) is 2.06. The quantitative estimate of drug-likeness (QED) is 0.875. The normalized spacial score (nSPS) is 10.7. The minimum absolute atomic E-state index is 0.311. The molecule has 0 aliphatic heterocycles. The first-order valence-corrected chi connectivity index (χ1v) is 6.38. The highest BCUT2D eigenvalue weighted by Crippen LogP contribution is 2.28. The van der Waals surface area contributed by atoms with Gasteiger partial charge in [-0.15, -0.1) is 0 Å². The highest BCUT2D eigenvalue weighted by molar-refractivity contribution is 5.68. The van der Waals surface area contributed by atoms with E-state index >= 15 is 0 Å². The van der Waals surface area contributed by atoms with Crippen molar-refractivity contribution in [3.8, 4) is 11.1 Å². The van der Waals surface area contributed by atoms with Gasteiger partial charge in [0.1, 0.15) is 11.6 Å². The average molecular weight is 261 g/mol. The largest absolute Gasteiger partial charge is 0.313 e. The maximum absolute atomic E-state index is 14.1. The summed E-state index contributed by atoms with van der Waals surface area (Å²) in [5.41, 5.74) is 2.41. The molecular weight excluding hydrogens is 244 g/mol. The number of rotatable bonds is 4. The molecule has 2 rings (SSSR count). The van der Waals surface area contributed by atoms with E-state index in [0.29, 0.717) is 23.2 Å². The lowest BCUT2D eigenvalue weighted by Gasteiger charge is -2.10. The molecule has 0 unspecified atom stereocenters. The zero-order valence-corrected chi connectivity index (χ0v) is 11.1. The Labute approximate surface area is 112 Å². The number of halogens is 2. The van der Waals surface area contributed by atoms with Crippen molar-refractivity contribution in [3.05, 3.63) is 59.2 Å². The highest BCUT2D eigenvalue weighted by atomic mass is 19.1.